The maximum atomic E-state index is 6.48. The van der Waals surface area contributed by atoms with Crippen LogP contribution >= 0.6 is 0 Å². The molecule has 3 nitrogen and oxygen atoms in total. The quantitative estimate of drug-likeness (QED) is 0.822. The summed E-state index contributed by atoms with van der Waals surface area (Å²) in [7, 11) is 0. The summed E-state index contributed by atoms with van der Waals surface area (Å²) < 4.78 is 0. The lowest BCUT2D eigenvalue weighted by atomic mass is 9.84. The smallest absolute Gasteiger partial charge is 0.0608 e. The van der Waals surface area contributed by atoms with Crippen LogP contribution in [0.3, 0.4) is 0 Å². The molecular formula is C13H21N3. The lowest BCUT2D eigenvalue weighted by Crippen LogP contribution is -2.48. The Morgan fingerprint density at radius 3 is 2.69 bits per heavy atom. The number of aromatic nitrogens is 1. The van der Waals surface area contributed by atoms with Crippen LogP contribution in [0.15, 0.2) is 18.3 Å². The molecule has 2 rings (SSSR count). The fourth-order valence-electron chi connectivity index (χ4n) is 2.33. The first kappa shape index (κ1) is 11.6. The minimum Gasteiger partial charge on any atom is -0.320 e. The minimum absolute atomic E-state index is 0.211. The Morgan fingerprint density at radius 2 is 2.12 bits per heavy atom. The zero-order valence-corrected chi connectivity index (χ0v) is 10.2. The second kappa shape index (κ2) is 4.52. The van der Waals surface area contributed by atoms with Crippen molar-refractivity contribution in [2.75, 3.05) is 19.6 Å². The van der Waals surface area contributed by atoms with Gasteiger partial charge < -0.3 is 10.6 Å². The monoisotopic (exact) mass is 219 g/mol. The molecule has 1 aliphatic rings. The lowest BCUT2D eigenvalue weighted by Gasteiger charge is -2.38. The summed E-state index contributed by atoms with van der Waals surface area (Å²) in [6, 6.07) is 4.15. The van der Waals surface area contributed by atoms with Gasteiger partial charge in [0.2, 0.25) is 0 Å². The van der Waals surface area contributed by atoms with Gasteiger partial charge in [-0.1, -0.05) is 6.92 Å². The summed E-state index contributed by atoms with van der Waals surface area (Å²) >= 11 is 0. The van der Waals surface area contributed by atoms with Crippen molar-refractivity contribution < 1.29 is 0 Å². The maximum absolute atomic E-state index is 6.48. The van der Waals surface area contributed by atoms with E-state index in [2.05, 4.69) is 29.8 Å². The molecule has 0 radical (unpaired) electrons. The van der Waals surface area contributed by atoms with Crippen LogP contribution in [0.4, 0.5) is 0 Å². The highest BCUT2D eigenvalue weighted by Gasteiger charge is 2.32. The summed E-state index contributed by atoms with van der Waals surface area (Å²) in [6.07, 6.45) is 3.89. The van der Waals surface area contributed by atoms with Gasteiger partial charge in [-0.25, -0.2) is 0 Å². The molecule has 0 atom stereocenters. The van der Waals surface area contributed by atoms with Gasteiger partial charge in [-0.3, -0.25) is 4.98 Å². The van der Waals surface area contributed by atoms with Crippen molar-refractivity contribution in [1.29, 1.82) is 0 Å². The standard InChI is InChI=1S/C13H21N3/c1-3-16-8-5-13(14,6-9-16)12-10-11(2)4-7-15-12/h4,7,10H,3,5-6,8-9,14H2,1-2H3. The van der Waals surface area contributed by atoms with Crippen molar-refractivity contribution in [3.63, 3.8) is 0 Å². The van der Waals surface area contributed by atoms with Crippen LogP contribution in [-0.4, -0.2) is 29.5 Å². The van der Waals surface area contributed by atoms with Gasteiger partial charge in [0.05, 0.1) is 11.2 Å². The van der Waals surface area contributed by atoms with Gasteiger partial charge in [0.1, 0.15) is 0 Å². The molecule has 0 bridgehead atoms. The van der Waals surface area contributed by atoms with Gasteiger partial charge in [-0.15, -0.1) is 0 Å². The molecule has 0 aromatic carbocycles. The van der Waals surface area contributed by atoms with Crippen molar-refractivity contribution in [2.45, 2.75) is 32.2 Å². The van der Waals surface area contributed by atoms with E-state index in [-0.39, 0.29) is 5.54 Å². The molecule has 1 aromatic heterocycles. The number of pyridine rings is 1. The molecule has 0 saturated carbocycles. The predicted octanol–water partition coefficient (Wildman–Crippen LogP) is 1.66. The molecule has 2 N–H and O–H groups in total. The minimum atomic E-state index is -0.211. The molecular weight excluding hydrogens is 198 g/mol. The lowest BCUT2D eigenvalue weighted by molar-refractivity contribution is 0.166. The maximum Gasteiger partial charge on any atom is 0.0608 e. The molecule has 1 saturated heterocycles. The molecule has 88 valence electrons. The topological polar surface area (TPSA) is 42.1 Å². The van der Waals surface area contributed by atoms with E-state index in [0.29, 0.717) is 0 Å². The molecule has 0 amide bonds. The number of nitrogens with zero attached hydrogens (tertiary/aromatic N) is 2. The Kier molecular flexibility index (Phi) is 3.26. The molecule has 0 unspecified atom stereocenters. The SMILES string of the molecule is CCN1CCC(N)(c2cc(C)ccn2)CC1. The number of likely N-dealkylation sites (tertiary alicyclic amines) is 1. The summed E-state index contributed by atoms with van der Waals surface area (Å²) in [5.41, 5.74) is 8.57. The Balaban J connectivity index is 2.15. The second-order valence-corrected chi connectivity index (χ2v) is 4.81. The third-order valence-corrected chi connectivity index (χ3v) is 3.62. The summed E-state index contributed by atoms with van der Waals surface area (Å²) in [6.45, 7) is 7.59. The summed E-state index contributed by atoms with van der Waals surface area (Å²) in [4.78, 5) is 6.89. The number of aryl methyl sites for hydroxylation is 1. The van der Waals surface area contributed by atoms with E-state index in [9.17, 15) is 0 Å². The highest BCUT2D eigenvalue weighted by Crippen LogP contribution is 2.29. The van der Waals surface area contributed by atoms with E-state index in [0.717, 1.165) is 38.2 Å². The largest absolute Gasteiger partial charge is 0.320 e. The van der Waals surface area contributed by atoms with Gasteiger partial charge in [0.25, 0.3) is 0 Å². The first-order chi connectivity index (χ1) is 7.64. The van der Waals surface area contributed by atoms with Crippen LogP contribution < -0.4 is 5.73 Å². The van der Waals surface area contributed by atoms with Crippen LogP contribution in [-0.2, 0) is 5.54 Å². The Labute approximate surface area is 97.7 Å². The van der Waals surface area contributed by atoms with Gasteiger partial charge in [0, 0.05) is 19.3 Å². The van der Waals surface area contributed by atoms with E-state index in [1.165, 1.54) is 5.56 Å². The normalized spacial score (nSPS) is 20.9. The number of rotatable bonds is 2. The molecule has 3 heteroatoms. The second-order valence-electron chi connectivity index (χ2n) is 4.81. The van der Waals surface area contributed by atoms with Gasteiger partial charge in [0.15, 0.2) is 0 Å². The molecule has 2 heterocycles. The molecule has 16 heavy (non-hydrogen) atoms. The predicted molar refractivity (Wildman–Crippen MR) is 66.2 cm³/mol. The summed E-state index contributed by atoms with van der Waals surface area (Å²) in [5, 5.41) is 0. The van der Waals surface area contributed by atoms with Crippen LogP contribution in [0.25, 0.3) is 0 Å². The zero-order valence-electron chi connectivity index (χ0n) is 10.2. The third kappa shape index (κ3) is 2.25. The molecule has 1 aromatic rings. The molecule has 0 spiro atoms. The fourth-order valence-corrected chi connectivity index (χ4v) is 2.33. The van der Waals surface area contributed by atoms with Crippen molar-refractivity contribution in [2.24, 2.45) is 5.73 Å². The Morgan fingerprint density at radius 1 is 1.44 bits per heavy atom. The van der Waals surface area contributed by atoms with Crippen LogP contribution in [0.2, 0.25) is 0 Å². The van der Waals surface area contributed by atoms with Crippen LogP contribution in [0, 0.1) is 6.92 Å². The molecule has 1 fully saturated rings. The van der Waals surface area contributed by atoms with E-state index in [1.807, 2.05) is 12.3 Å². The average Bonchev–Trinajstić information content (AvgIpc) is 2.30. The number of hydrogen-bond donors (Lipinski definition) is 1. The average molecular weight is 219 g/mol. The Bertz CT molecular complexity index is 354. The number of nitrogens with two attached hydrogens (primary N) is 1. The summed E-state index contributed by atoms with van der Waals surface area (Å²) in [5.74, 6) is 0. The zero-order chi connectivity index (χ0) is 11.6. The highest BCUT2D eigenvalue weighted by atomic mass is 15.1. The van der Waals surface area contributed by atoms with Gasteiger partial charge >= 0.3 is 0 Å². The van der Waals surface area contributed by atoms with Gasteiger partial charge in [-0.2, -0.15) is 0 Å². The van der Waals surface area contributed by atoms with Gasteiger partial charge in [-0.05, 0) is 44.0 Å². The highest BCUT2D eigenvalue weighted by molar-refractivity contribution is 5.22. The fraction of sp³-hybridized carbons (Fsp3) is 0.615. The van der Waals surface area contributed by atoms with E-state index >= 15 is 0 Å². The van der Waals surface area contributed by atoms with Crippen LogP contribution in [0.5, 0.6) is 0 Å². The first-order valence-electron chi connectivity index (χ1n) is 6.08. The van der Waals surface area contributed by atoms with Crippen molar-refractivity contribution >= 4 is 0 Å². The first-order valence-corrected chi connectivity index (χ1v) is 6.08. The van der Waals surface area contributed by atoms with Crippen molar-refractivity contribution in [3.05, 3.63) is 29.6 Å². The number of hydrogen-bond acceptors (Lipinski definition) is 3. The van der Waals surface area contributed by atoms with Crippen molar-refractivity contribution in [1.82, 2.24) is 9.88 Å². The molecule has 0 aliphatic carbocycles. The molecule has 1 aliphatic heterocycles. The van der Waals surface area contributed by atoms with E-state index in [4.69, 9.17) is 5.73 Å². The van der Waals surface area contributed by atoms with Crippen molar-refractivity contribution in [3.8, 4) is 0 Å². The number of piperidine rings is 1. The third-order valence-electron chi connectivity index (χ3n) is 3.62. The van der Waals surface area contributed by atoms with E-state index < -0.39 is 0 Å². The van der Waals surface area contributed by atoms with Crippen LogP contribution in [0.1, 0.15) is 31.0 Å². The van der Waals surface area contributed by atoms with E-state index in [1.54, 1.807) is 0 Å². The Hall–Kier alpha value is -0.930.